The number of rotatable bonds is 4. The van der Waals surface area contributed by atoms with Gasteiger partial charge in [-0.15, -0.1) is 0 Å². The fraction of sp³-hybridized carbons (Fsp3) is 0. The highest BCUT2D eigenvalue weighted by molar-refractivity contribution is 7.85. The lowest BCUT2D eigenvalue weighted by atomic mass is 9.89. The minimum absolute atomic E-state index is 0.835. The second kappa shape index (κ2) is 9.84. The van der Waals surface area contributed by atoms with Crippen LogP contribution in [0.2, 0.25) is 0 Å². The minimum atomic E-state index is -3.30. The third kappa shape index (κ3) is 3.75. The van der Waals surface area contributed by atoms with E-state index in [4.69, 9.17) is 0 Å². The average molecular weight is 555 g/mol. The van der Waals surface area contributed by atoms with Crippen LogP contribution in [0.15, 0.2) is 164 Å². The molecule has 0 atom stereocenters. The standard InChI is InChI=1S/C40H27OP/c41-42(32-15-3-1-4-16-32,33-17-5-2-6-18-33)37-27-26-31-25-23-29-13-8-10-20-35(29)39(31)40(37)36-21-11-14-30-24-22-28-12-7-9-19-34(28)38(30)36/h1-27H. The quantitative estimate of drug-likeness (QED) is 0.156. The van der Waals surface area contributed by atoms with E-state index in [1.807, 2.05) is 60.7 Å². The molecule has 0 heterocycles. The van der Waals surface area contributed by atoms with Crippen molar-refractivity contribution in [3.63, 3.8) is 0 Å². The summed E-state index contributed by atoms with van der Waals surface area (Å²) in [6, 6.07) is 56.7. The fourth-order valence-electron chi connectivity index (χ4n) is 6.59. The van der Waals surface area contributed by atoms with Crippen molar-refractivity contribution in [2.75, 3.05) is 0 Å². The zero-order valence-corrected chi connectivity index (χ0v) is 23.8. The van der Waals surface area contributed by atoms with Crippen LogP contribution in [0.3, 0.4) is 0 Å². The molecule has 8 rings (SSSR count). The fourth-order valence-corrected chi connectivity index (χ4v) is 9.46. The van der Waals surface area contributed by atoms with Crippen LogP contribution in [0.1, 0.15) is 0 Å². The summed E-state index contributed by atoms with van der Waals surface area (Å²) in [5, 5.41) is 11.9. The summed E-state index contributed by atoms with van der Waals surface area (Å²) in [6.45, 7) is 0. The first-order chi connectivity index (χ1) is 20.7. The molecule has 8 aromatic rings. The molecule has 0 radical (unpaired) electrons. The molecule has 0 unspecified atom stereocenters. The van der Waals surface area contributed by atoms with Crippen LogP contribution in [-0.4, -0.2) is 0 Å². The van der Waals surface area contributed by atoms with E-state index in [2.05, 4.69) is 103 Å². The highest BCUT2D eigenvalue weighted by atomic mass is 31.2. The van der Waals surface area contributed by atoms with Gasteiger partial charge in [0.05, 0.1) is 0 Å². The van der Waals surface area contributed by atoms with E-state index in [1.165, 1.54) is 26.9 Å². The number of benzene rings is 8. The van der Waals surface area contributed by atoms with Crippen molar-refractivity contribution in [3.05, 3.63) is 164 Å². The summed E-state index contributed by atoms with van der Waals surface area (Å²) in [4.78, 5) is 0. The normalized spacial score (nSPS) is 11.9. The predicted molar refractivity (Wildman–Crippen MR) is 181 cm³/mol. The van der Waals surface area contributed by atoms with Gasteiger partial charge >= 0.3 is 0 Å². The first-order valence-corrected chi connectivity index (χ1v) is 16.0. The van der Waals surface area contributed by atoms with Crippen molar-refractivity contribution in [2.45, 2.75) is 0 Å². The number of fused-ring (bicyclic) bond motifs is 6. The SMILES string of the molecule is O=P(c1ccccc1)(c1ccccc1)c1ccc2ccc3ccccc3c2c1-c1cccc2ccc3ccccc3c12. The van der Waals surface area contributed by atoms with Crippen molar-refractivity contribution in [2.24, 2.45) is 0 Å². The molecule has 0 amide bonds. The molecule has 0 bridgehead atoms. The Labute approximate surface area is 245 Å². The molecule has 0 N–H and O–H groups in total. The van der Waals surface area contributed by atoms with Crippen LogP contribution in [0.5, 0.6) is 0 Å². The Balaban J connectivity index is 1.63. The van der Waals surface area contributed by atoms with Gasteiger partial charge in [0.1, 0.15) is 0 Å². The Morgan fingerprint density at radius 2 is 0.810 bits per heavy atom. The van der Waals surface area contributed by atoms with Crippen LogP contribution >= 0.6 is 7.14 Å². The van der Waals surface area contributed by atoms with Crippen molar-refractivity contribution >= 4 is 66.1 Å². The Kier molecular flexibility index (Phi) is 5.81. The van der Waals surface area contributed by atoms with Crippen LogP contribution < -0.4 is 15.9 Å². The zero-order valence-electron chi connectivity index (χ0n) is 22.9. The zero-order chi connectivity index (χ0) is 28.1. The molecular formula is C40H27OP. The molecule has 0 fully saturated rings. The van der Waals surface area contributed by atoms with Crippen molar-refractivity contribution in [1.29, 1.82) is 0 Å². The van der Waals surface area contributed by atoms with Gasteiger partial charge < -0.3 is 4.57 Å². The van der Waals surface area contributed by atoms with E-state index in [-0.39, 0.29) is 0 Å². The van der Waals surface area contributed by atoms with Gasteiger partial charge in [-0.3, -0.25) is 0 Å². The molecule has 2 heteroatoms. The lowest BCUT2D eigenvalue weighted by Crippen LogP contribution is -2.26. The maximum atomic E-state index is 16.0. The highest BCUT2D eigenvalue weighted by Gasteiger charge is 2.33. The Morgan fingerprint density at radius 1 is 0.357 bits per heavy atom. The first-order valence-electron chi connectivity index (χ1n) is 14.3. The monoisotopic (exact) mass is 554 g/mol. The molecule has 0 saturated carbocycles. The summed E-state index contributed by atoms with van der Waals surface area (Å²) >= 11 is 0. The van der Waals surface area contributed by atoms with E-state index in [0.29, 0.717) is 0 Å². The third-order valence-electron chi connectivity index (χ3n) is 8.51. The predicted octanol–water partition coefficient (Wildman–Crippen LogP) is 9.61. The molecule has 0 aliphatic carbocycles. The third-order valence-corrected chi connectivity index (χ3v) is 11.6. The molecule has 198 valence electrons. The van der Waals surface area contributed by atoms with Crippen molar-refractivity contribution < 1.29 is 4.57 Å². The summed E-state index contributed by atoms with van der Waals surface area (Å²) < 4.78 is 16.0. The van der Waals surface area contributed by atoms with E-state index >= 15 is 4.57 Å². The van der Waals surface area contributed by atoms with Crippen LogP contribution in [0, 0.1) is 0 Å². The summed E-state index contributed by atoms with van der Waals surface area (Å²) in [5.74, 6) is 0. The first kappa shape index (κ1) is 24.8. The van der Waals surface area contributed by atoms with Gasteiger partial charge in [0.2, 0.25) is 0 Å². The van der Waals surface area contributed by atoms with Gasteiger partial charge in [-0.2, -0.15) is 0 Å². The van der Waals surface area contributed by atoms with E-state index in [9.17, 15) is 0 Å². The largest absolute Gasteiger partial charge is 0.309 e. The highest BCUT2D eigenvalue weighted by Crippen LogP contribution is 2.49. The maximum Gasteiger partial charge on any atom is 0.171 e. The summed E-state index contributed by atoms with van der Waals surface area (Å²) in [7, 11) is -3.30. The van der Waals surface area contributed by atoms with Gasteiger partial charge in [0, 0.05) is 21.5 Å². The second-order valence-corrected chi connectivity index (χ2v) is 13.5. The van der Waals surface area contributed by atoms with Crippen molar-refractivity contribution in [1.82, 2.24) is 0 Å². The van der Waals surface area contributed by atoms with E-state index in [0.717, 1.165) is 43.2 Å². The molecular weight excluding hydrogens is 527 g/mol. The van der Waals surface area contributed by atoms with Gasteiger partial charge in [-0.1, -0.05) is 158 Å². The number of hydrogen-bond donors (Lipinski definition) is 0. The smallest absolute Gasteiger partial charge is 0.171 e. The van der Waals surface area contributed by atoms with Gasteiger partial charge in [-0.25, -0.2) is 0 Å². The van der Waals surface area contributed by atoms with Crippen LogP contribution in [0.4, 0.5) is 0 Å². The lowest BCUT2D eigenvalue weighted by molar-refractivity contribution is 0.592. The van der Waals surface area contributed by atoms with Gasteiger partial charge in [-0.05, 0) is 54.7 Å². The Hall–Kier alpha value is -4.97. The van der Waals surface area contributed by atoms with Crippen LogP contribution in [-0.2, 0) is 4.57 Å². The molecule has 0 aliphatic rings. The van der Waals surface area contributed by atoms with Crippen LogP contribution in [0.25, 0.3) is 54.2 Å². The van der Waals surface area contributed by atoms with E-state index in [1.54, 1.807) is 0 Å². The average Bonchev–Trinajstić information content (AvgIpc) is 3.07. The molecule has 0 aromatic heterocycles. The molecule has 42 heavy (non-hydrogen) atoms. The summed E-state index contributed by atoms with van der Waals surface area (Å²) in [5.41, 5.74) is 2.15. The summed E-state index contributed by atoms with van der Waals surface area (Å²) in [6.07, 6.45) is 0. The Bertz CT molecular complexity index is 2280. The molecule has 0 spiro atoms. The molecule has 1 nitrogen and oxygen atoms in total. The lowest BCUT2D eigenvalue weighted by Gasteiger charge is -2.25. The Morgan fingerprint density at radius 3 is 1.43 bits per heavy atom. The maximum absolute atomic E-state index is 16.0. The van der Waals surface area contributed by atoms with E-state index < -0.39 is 7.14 Å². The second-order valence-electron chi connectivity index (χ2n) is 10.8. The molecule has 8 aromatic carbocycles. The van der Waals surface area contributed by atoms with Crippen molar-refractivity contribution in [3.8, 4) is 11.1 Å². The molecule has 0 saturated heterocycles. The number of hydrogen-bond acceptors (Lipinski definition) is 1. The minimum Gasteiger partial charge on any atom is -0.309 e. The topological polar surface area (TPSA) is 17.1 Å². The van der Waals surface area contributed by atoms with Gasteiger partial charge in [0.25, 0.3) is 0 Å². The molecule has 0 aliphatic heterocycles. The van der Waals surface area contributed by atoms with Gasteiger partial charge in [0.15, 0.2) is 7.14 Å².